The minimum Gasteiger partial charge on any atom is -0.286 e. The fourth-order valence-electron chi connectivity index (χ4n) is 2.38. The first-order valence-electron chi connectivity index (χ1n) is 5.99. The zero-order chi connectivity index (χ0) is 11.5. The van der Waals surface area contributed by atoms with Crippen molar-refractivity contribution < 1.29 is 0 Å². The van der Waals surface area contributed by atoms with Crippen molar-refractivity contribution in [2.24, 2.45) is 0 Å². The molecule has 0 aromatic rings. The van der Waals surface area contributed by atoms with Gasteiger partial charge in [-0.1, -0.05) is 6.92 Å². The van der Waals surface area contributed by atoms with Crippen LogP contribution in [0.1, 0.15) is 33.6 Å². The summed E-state index contributed by atoms with van der Waals surface area (Å²) in [5.41, 5.74) is 3.53. The lowest BCUT2D eigenvalue weighted by Crippen LogP contribution is -2.68. The molecule has 1 fully saturated rings. The summed E-state index contributed by atoms with van der Waals surface area (Å²) in [5, 5.41) is 5.95. The van der Waals surface area contributed by atoms with Crippen LogP contribution >= 0.6 is 0 Å². The summed E-state index contributed by atoms with van der Waals surface area (Å²) in [4.78, 5) is 2.28. The summed E-state index contributed by atoms with van der Waals surface area (Å²) in [7, 11) is 4.28. The van der Waals surface area contributed by atoms with Gasteiger partial charge in [0, 0.05) is 12.6 Å². The van der Waals surface area contributed by atoms with Crippen LogP contribution in [0.5, 0.6) is 0 Å². The van der Waals surface area contributed by atoms with Crippen LogP contribution in [-0.2, 0) is 0 Å². The van der Waals surface area contributed by atoms with E-state index in [0.29, 0.717) is 6.04 Å². The average molecular weight is 214 g/mol. The van der Waals surface area contributed by atoms with Crippen LogP contribution in [0, 0.1) is 0 Å². The number of nitrogens with one attached hydrogen (secondary N) is 2. The highest BCUT2D eigenvalue weighted by molar-refractivity contribution is 4.89. The maximum absolute atomic E-state index is 3.60. The molecule has 0 bridgehead atoms. The molecule has 0 radical (unpaired) electrons. The second kappa shape index (κ2) is 5.25. The van der Waals surface area contributed by atoms with E-state index in [9.17, 15) is 0 Å². The Morgan fingerprint density at radius 3 is 2.53 bits per heavy atom. The van der Waals surface area contributed by atoms with Crippen molar-refractivity contribution in [1.82, 2.24) is 20.7 Å². The van der Waals surface area contributed by atoms with E-state index < -0.39 is 0 Å². The first-order chi connectivity index (χ1) is 7.03. The van der Waals surface area contributed by atoms with Crippen LogP contribution in [0.15, 0.2) is 0 Å². The lowest BCUT2D eigenvalue weighted by Gasteiger charge is -2.45. The van der Waals surface area contributed by atoms with E-state index in [1.54, 1.807) is 0 Å². The minimum absolute atomic E-state index is 0.000972. The molecule has 0 saturated carbocycles. The molecule has 90 valence electrons. The normalized spacial score (nSPS) is 28.2. The Kier molecular flexibility index (Phi) is 4.52. The van der Waals surface area contributed by atoms with Crippen LogP contribution in [0.25, 0.3) is 0 Å². The van der Waals surface area contributed by atoms with E-state index in [1.807, 2.05) is 0 Å². The van der Waals surface area contributed by atoms with E-state index in [0.717, 1.165) is 13.1 Å². The third kappa shape index (κ3) is 2.69. The van der Waals surface area contributed by atoms with Crippen molar-refractivity contribution in [1.29, 1.82) is 0 Å². The SMILES string of the molecule is CCNC1(N(C)C)CCCN1NC(C)C. The van der Waals surface area contributed by atoms with E-state index in [-0.39, 0.29) is 5.79 Å². The third-order valence-electron chi connectivity index (χ3n) is 2.97. The predicted octanol–water partition coefficient (Wildman–Crippen LogP) is 0.820. The molecule has 1 aliphatic rings. The van der Waals surface area contributed by atoms with Crippen LogP contribution in [0.3, 0.4) is 0 Å². The van der Waals surface area contributed by atoms with Crippen LogP contribution in [-0.4, -0.2) is 48.9 Å². The van der Waals surface area contributed by atoms with Crippen molar-refractivity contribution in [3.05, 3.63) is 0 Å². The molecular weight excluding hydrogens is 188 g/mol. The molecule has 4 nitrogen and oxygen atoms in total. The molecule has 0 amide bonds. The monoisotopic (exact) mass is 214 g/mol. The highest BCUT2D eigenvalue weighted by Crippen LogP contribution is 2.26. The molecule has 0 aliphatic carbocycles. The molecule has 4 heteroatoms. The smallest absolute Gasteiger partial charge is 0.140 e. The standard InChI is InChI=1S/C11H26N4/c1-6-12-11(14(4)5)8-7-9-15(11)13-10(2)3/h10,12-13H,6-9H2,1-5H3. The van der Waals surface area contributed by atoms with Gasteiger partial charge in [0.15, 0.2) is 0 Å². The molecular formula is C11H26N4. The van der Waals surface area contributed by atoms with Gasteiger partial charge in [-0.25, -0.2) is 10.4 Å². The van der Waals surface area contributed by atoms with Gasteiger partial charge in [-0.2, -0.15) is 0 Å². The van der Waals surface area contributed by atoms with Crippen molar-refractivity contribution >= 4 is 0 Å². The van der Waals surface area contributed by atoms with Gasteiger partial charge in [0.05, 0.1) is 0 Å². The average Bonchev–Trinajstić information content (AvgIpc) is 2.49. The predicted molar refractivity (Wildman–Crippen MR) is 64.3 cm³/mol. The molecule has 1 unspecified atom stereocenters. The van der Waals surface area contributed by atoms with Gasteiger partial charge < -0.3 is 0 Å². The van der Waals surface area contributed by atoms with Gasteiger partial charge in [-0.3, -0.25) is 10.2 Å². The first kappa shape index (κ1) is 12.9. The number of hydrogen-bond acceptors (Lipinski definition) is 4. The maximum Gasteiger partial charge on any atom is 0.140 e. The molecule has 0 aromatic carbocycles. The lowest BCUT2D eigenvalue weighted by atomic mass is 10.2. The van der Waals surface area contributed by atoms with E-state index in [2.05, 4.69) is 55.5 Å². The van der Waals surface area contributed by atoms with Crippen molar-refractivity contribution in [3.63, 3.8) is 0 Å². The van der Waals surface area contributed by atoms with Crippen LogP contribution < -0.4 is 10.7 Å². The molecule has 1 rings (SSSR count). The van der Waals surface area contributed by atoms with E-state index >= 15 is 0 Å². The Balaban J connectivity index is 2.75. The Bertz CT molecular complexity index is 193. The molecule has 0 spiro atoms. The summed E-state index contributed by atoms with van der Waals surface area (Å²) in [5.74, 6) is -0.000972. The van der Waals surface area contributed by atoms with Crippen molar-refractivity contribution in [2.45, 2.75) is 45.4 Å². The Morgan fingerprint density at radius 1 is 1.40 bits per heavy atom. The highest BCUT2D eigenvalue weighted by Gasteiger charge is 2.42. The number of rotatable bonds is 5. The van der Waals surface area contributed by atoms with Gasteiger partial charge >= 0.3 is 0 Å². The largest absolute Gasteiger partial charge is 0.286 e. The molecule has 1 heterocycles. The van der Waals surface area contributed by atoms with Crippen LogP contribution in [0.2, 0.25) is 0 Å². The lowest BCUT2D eigenvalue weighted by molar-refractivity contribution is -0.0647. The Hall–Kier alpha value is -0.160. The number of hydrazine groups is 1. The Labute approximate surface area is 94.0 Å². The minimum atomic E-state index is -0.000972. The molecule has 2 N–H and O–H groups in total. The summed E-state index contributed by atoms with van der Waals surface area (Å²) in [6.07, 6.45) is 2.42. The van der Waals surface area contributed by atoms with Crippen LogP contribution in [0.4, 0.5) is 0 Å². The molecule has 15 heavy (non-hydrogen) atoms. The van der Waals surface area contributed by atoms with E-state index in [4.69, 9.17) is 0 Å². The fraction of sp³-hybridized carbons (Fsp3) is 1.00. The summed E-state index contributed by atoms with van der Waals surface area (Å²) < 4.78 is 0. The van der Waals surface area contributed by atoms with Crippen molar-refractivity contribution in [3.8, 4) is 0 Å². The first-order valence-corrected chi connectivity index (χ1v) is 5.99. The van der Waals surface area contributed by atoms with Gasteiger partial charge in [-0.15, -0.1) is 0 Å². The third-order valence-corrected chi connectivity index (χ3v) is 2.97. The summed E-state index contributed by atoms with van der Waals surface area (Å²) >= 11 is 0. The maximum atomic E-state index is 3.60. The second-order valence-corrected chi connectivity index (χ2v) is 4.78. The van der Waals surface area contributed by atoms with E-state index in [1.165, 1.54) is 12.8 Å². The second-order valence-electron chi connectivity index (χ2n) is 4.78. The van der Waals surface area contributed by atoms with Gasteiger partial charge in [0.1, 0.15) is 5.79 Å². The molecule has 1 aliphatic heterocycles. The zero-order valence-corrected chi connectivity index (χ0v) is 10.8. The summed E-state index contributed by atoms with van der Waals surface area (Å²) in [6, 6.07) is 0.487. The number of hydrogen-bond donors (Lipinski definition) is 2. The zero-order valence-electron chi connectivity index (χ0n) is 10.8. The molecule has 1 saturated heterocycles. The summed E-state index contributed by atoms with van der Waals surface area (Å²) in [6.45, 7) is 8.64. The quantitative estimate of drug-likeness (QED) is 0.663. The number of nitrogens with zero attached hydrogens (tertiary/aromatic N) is 2. The molecule has 0 aromatic heterocycles. The topological polar surface area (TPSA) is 30.5 Å². The van der Waals surface area contributed by atoms with Gasteiger partial charge in [-0.05, 0) is 47.3 Å². The molecule has 1 atom stereocenters. The Morgan fingerprint density at radius 2 is 2.07 bits per heavy atom. The van der Waals surface area contributed by atoms with Gasteiger partial charge in [0.25, 0.3) is 0 Å². The van der Waals surface area contributed by atoms with Gasteiger partial charge in [0.2, 0.25) is 0 Å². The fourth-order valence-corrected chi connectivity index (χ4v) is 2.38. The highest BCUT2D eigenvalue weighted by atomic mass is 15.7. The van der Waals surface area contributed by atoms with Crippen molar-refractivity contribution in [2.75, 3.05) is 27.2 Å².